The van der Waals surface area contributed by atoms with Crippen LogP contribution in [0.15, 0.2) is 36.7 Å². The van der Waals surface area contributed by atoms with Crippen LogP contribution in [0.3, 0.4) is 0 Å². The highest BCUT2D eigenvalue weighted by Crippen LogP contribution is 2.26. The molecule has 0 saturated carbocycles. The minimum atomic E-state index is -0.129. The van der Waals surface area contributed by atoms with E-state index in [-0.39, 0.29) is 12.0 Å². The molecule has 0 atom stereocenters. The number of nitrogens with zero attached hydrogens (tertiary/aromatic N) is 4. The van der Waals surface area contributed by atoms with Gasteiger partial charge in [0, 0.05) is 38.6 Å². The van der Waals surface area contributed by atoms with Gasteiger partial charge in [0.05, 0.1) is 17.4 Å². The largest absolute Gasteiger partial charge is 0.489 e. The maximum atomic E-state index is 12.5. The summed E-state index contributed by atoms with van der Waals surface area (Å²) in [5.41, 5.74) is 1.18. The van der Waals surface area contributed by atoms with Crippen LogP contribution in [0.2, 0.25) is 0 Å². The van der Waals surface area contributed by atoms with Gasteiger partial charge in [0.1, 0.15) is 5.75 Å². The van der Waals surface area contributed by atoms with Gasteiger partial charge in [0.2, 0.25) is 12.4 Å². The van der Waals surface area contributed by atoms with E-state index in [4.69, 9.17) is 4.74 Å². The maximum Gasteiger partial charge on any atom is 0.257 e. The second kappa shape index (κ2) is 8.48. The molecule has 1 aliphatic heterocycles. The predicted octanol–water partition coefficient (Wildman–Crippen LogP) is 1.92. The number of nitrogens with one attached hydrogen (secondary N) is 1. The standard InChI is InChI=1S/C19H23N5O3/c1-14(2)27-17-6-4-3-5-16(17)22-19-20-11-15(12-21-19)18(26)24-9-7-23(13-25)8-10-24/h3-6,11-14H,7-10H2,1-2H3,(H,20,21,22). The number of amides is 2. The highest BCUT2D eigenvalue weighted by Gasteiger charge is 2.21. The number of carbonyl (C=O) groups excluding carboxylic acids is 2. The summed E-state index contributed by atoms with van der Waals surface area (Å²) in [6, 6.07) is 7.55. The first-order valence-electron chi connectivity index (χ1n) is 8.90. The molecule has 0 unspecified atom stereocenters. The van der Waals surface area contributed by atoms with Crippen LogP contribution in [0.1, 0.15) is 24.2 Å². The molecule has 1 saturated heterocycles. The Morgan fingerprint density at radius 2 is 1.81 bits per heavy atom. The molecule has 1 N–H and O–H groups in total. The fourth-order valence-electron chi connectivity index (χ4n) is 2.76. The number of hydrogen-bond acceptors (Lipinski definition) is 6. The van der Waals surface area contributed by atoms with E-state index in [9.17, 15) is 9.59 Å². The second-order valence-corrected chi connectivity index (χ2v) is 6.52. The number of carbonyl (C=O) groups is 2. The summed E-state index contributed by atoms with van der Waals surface area (Å²) >= 11 is 0. The minimum Gasteiger partial charge on any atom is -0.489 e. The van der Waals surface area contributed by atoms with Gasteiger partial charge in [-0.05, 0) is 26.0 Å². The topological polar surface area (TPSA) is 87.7 Å². The molecule has 2 heterocycles. The fourth-order valence-corrected chi connectivity index (χ4v) is 2.76. The SMILES string of the molecule is CC(C)Oc1ccccc1Nc1ncc(C(=O)N2CCN(C=O)CC2)cn1. The summed E-state index contributed by atoms with van der Waals surface area (Å²) in [5, 5.41) is 3.12. The summed E-state index contributed by atoms with van der Waals surface area (Å²) in [6.45, 7) is 6.03. The van der Waals surface area contributed by atoms with E-state index in [1.807, 2.05) is 38.1 Å². The molecule has 2 aromatic rings. The summed E-state index contributed by atoms with van der Waals surface area (Å²) in [5.74, 6) is 0.970. The maximum absolute atomic E-state index is 12.5. The lowest BCUT2D eigenvalue weighted by atomic mass is 10.2. The van der Waals surface area contributed by atoms with E-state index in [0.29, 0.717) is 43.4 Å². The molecule has 3 rings (SSSR count). The Morgan fingerprint density at radius 3 is 2.44 bits per heavy atom. The van der Waals surface area contributed by atoms with Crippen molar-refractivity contribution in [2.75, 3.05) is 31.5 Å². The average molecular weight is 369 g/mol. The van der Waals surface area contributed by atoms with Crippen molar-refractivity contribution in [1.82, 2.24) is 19.8 Å². The molecular formula is C19H23N5O3. The number of para-hydroxylation sites is 2. The Bertz CT molecular complexity index is 786. The highest BCUT2D eigenvalue weighted by atomic mass is 16.5. The van der Waals surface area contributed by atoms with Crippen LogP contribution in [0.4, 0.5) is 11.6 Å². The number of piperazine rings is 1. The quantitative estimate of drug-likeness (QED) is 0.783. The number of ether oxygens (including phenoxy) is 1. The first kappa shape index (κ1) is 18.6. The van der Waals surface area contributed by atoms with Crippen molar-refractivity contribution in [1.29, 1.82) is 0 Å². The van der Waals surface area contributed by atoms with Crippen molar-refractivity contribution in [2.45, 2.75) is 20.0 Å². The Kier molecular flexibility index (Phi) is 5.85. The molecule has 8 heteroatoms. The van der Waals surface area contributed by atoms with E-state index < -0.39 is 0 Å². The van der Waals surface area contributed by atoms with E-state index in [1.165, 1.54) is 12.4 Å². The van der Waals surface area contributed by atoms with Gasteiger partial charge in [-0.2, -0.15) is 0 Å². The van der Waals surface area contributed by atoms with Gasteiger partial charge in [-0.3, -0.25) is 9.59 Å². The zero-order chi connectivity index (χ0) is 19.2. The minimum absolute atomic E-state index is 0.0496. The number of benzene rings is 1. The van der Waals surface area contributed by atoms with Crippen molar-refractivity contribution in [3.63, 3.8) is 0 Å². The Hall–Kier alpha value is -3.16. The van der Waals surface area contributed by atoms with E-state index in [1.54, 1.807) is 9.80 Å². The molecular weight excluding hydrogens is 346 g/mol. The fraction of sp³-hybridized carbons (Fsp3) is 0.368. The molecule has 0 bridgehead atoms. The molecule has 0 aliphatic carbocycles. The number of anilines is 2. The molecule has 0 radical (unpaired) electrons. The van der Waals surface area contributed by atoms with Gasteiger partial charge in [-0.15, -0.1) is 0 Å². The Morgan fingerprint density at radius 1 is 1.15 bits per heavy atom. The Balaban J connectivity index is 1.66. The zero-order valence-corrected chi connectivity index (χ0v) is 15.5. The summed E-state index contributed by atoms with van der Waals surface area (Å²) in [6.07, 6.45) is 3.88. The second-order valence-electron chi connectivity index (χ2n) is 6.52. The van der Waals surface area contributed by atoms with E-state index in [0.717, 1.165) is 12.1 Å². The lowest BCUT2D eigenvalue weighted by Gasteiger charge is -2.32. The van der Waals surface area contributed by atoms with Crippen LogP contribution >= 0.6 is 0 Å². The molecule has 2 amide bonds. The van der Waals surface area contributed by atoms with E-state index >= 15 is 0 Å². The number of rotatable bonds is 6. The monoisotopic (exact) mass is 369 g/mol. The van der Waals surface area contributed by atoms with Crippen molar-refractivity contribution >= 4 is 24.0 Å². The van der Waals surface area contributed by atoms with Crippen molar-refractivity contribution in [2.24, 2.45) is 0 Å². The summed E-state index contributed by atoms with van der Waals surface area (Å²) < 4.78 is 5.77. The third kappa shape index (κ3) is 4.72. The predicted molar refractivity (Wildman–Crippen MR) is 101 cm³/mol. The van der Waals surface area contributed by atoms with Crippen molar-refractivity contribution in [3.8, 4) is 5.75 Å². The van der Waals surface area contributed by atoms with Crippen LogP contribution < -0.4 is 10.1 Å². The van der Waals surface area contributed by atoms with Crippen molar-refractivity contribution in [3.05, 3.63) is 42.2 Å². The van der Waals surface area contributed by atoms with Crippen LogP contribution in [0, 0.1) is 0 Å². The van der Waals surface area contributed by atoms with Gasteiger partial charge >= 0.3 is 0 Å². The first-order chi connectivity index (χ1) is 13.1. The number of hydrogen-bond donors (Lipinski definition) is 1. The van der Waals surface area contributed by atoms with Gasteiger partial charge < -0.3 is 19.9 Å². The van der Waals surface area contributed by atoms with Crippen LogP contribution in [0.5, 0.6) is 5.75 Å². The summed E-state index contributed by atoms with van der Waals surface area (Å²) in [7, 11) is 0. The zero-order valence-electron chi connectivity index (χ0n) is 15.5. The van der Waals surface area contributed by atoms with Gasteiger partial charge in [0.15, 0.2) is 0 Å². The average Bonchev–Trinajstić information content (AvgIpc) is 2.69. The van der Waals surface area contributed by atoms with Crippen LogP contribution in [-0.4, -0.2) is 64.4 Å². The first-order valence-corrected chi connectivity index (χ1v) is 8.90. The lowest BCUT2D eigenvalue weighted by Crippen LogP contribution is -2.48. The van der Waals surface area contributed by atoms with Gasteiger partial charge in [0.25, 0.3) is 5.91 Å². The molecule has 1 aromatic carbocycles. The normalized spacial score (nSPS) is 14.2. The molecule has 142 valence electrons. The molecule has 1 aromatic heterocycles. The van der Waals surface area contributed by atoms with Crippen molar-refractivity contribution < 1.29 is 14.3 Å². The third-order valence-electron chi connectivity index (χ3n) is 4.15. The Labute approximate surface area is 158 Å². The molecule has 0 spiro atoms. The molecule has 1 aliphatic rings. The smallest absolute Gasteiger partial charge is 0.257 e. The molecule has 1 fully saturated rings. The molecule has 27 heavy (non-hydrogen) atoms. The lowest BCUT2D eigenvalue weighted by molar-refractivity contribution is -0.119. The van der Waals surface area contributed by atoms with Gasteiger partial charge in [-0.25, -0.2) is 9.97 Å². The molecule has 8 nitrogen and oxygen atoms in total. The number of aromatic nitrogens is 2. The van der Waals surface area contributed by atoms with Crippen LogP contribution in [-0.2, 0) is 4.79 Å². The third-order valence-corrected chi connectivity index (χ3v) is 4.15. The van der Waals surface area contributed by atoms with Crippen LogP contribution in [0.25, 0.3) is 0 Å². The highest BCUT2D eigenvalue weighted by molar-refractivity contribution is 5.93. The van der Waals surface area contributed by atoms with Gasteiger partial charge in [-0.1, -0.05) is 12.1 Å². The van der Waals surface area contributed by atoms with E-state index in [2.05, 4.69) is 15.3 Å². The summed E-state index contributed by atoms with van der Waals surface area (Å²) in [4.78, 5) is 35.2.